The van der Waals surface area contributed by atoms with Gasteiger partial charge >= 0.3 is 6.09 Å². The van der Waals surface area contributed by atoms with Gasteiger partial charge in [0.2, 0.25) is 0 Å². The molecule has 1 atom stereocenters. The molecular weight excluding hydrogens is 526 g/mol. The Balaban J connectivity index is 1.56. The van der Waals surface area contributed by atoms with Crippen molar-refractivity contribution in [1.29, 1.82) is 5.26 Å². The Morgan fingerprint density at radius 3 is 2.83 bits per heavy atom. The number of aromatic nitrogens is 3. The molecular formula is C29H31N7O3S. The monoisotopic (exact) mass is 557 g/mol. The molecule has 5 rings (SSSR count). The number of aryl methyl sites for hydroxylation is 1. The number of carbonyl (C=O) groups excluding carboxylic acids is 1. The van der Waals surface area contributed by atoms with Crippen LogP contribution in [0.25, 0.3) is 21.5 Å². The number of nitriles is 1. The summed E-state index contributed by atoms with van der Waals surface area (Å²) in [6, 6.07) is 13.2. The first-order chi connectivity index (χ1) is 19.4. The van der Waals surface area contributed by atoms with Gasteiger partial charge in [0.25, 0.3) is 5.56 Å². The summed E-state index contributed by atoms with van der Waals surface area (Å²) < 4.78 is 6.84. The normalized spacial score (nSPS) is 15.8. The highest BCUT2D eigenvalue weighted by atomic mass is 32.1. The molecule has 1 fully saturated rings. The number of hydrogen-bond acceptors (Lipinski definition) is 9. The van der Waals surface area contributed by atoms with Crippen LogP contribution in [0.5, 0.6) is 0 Å². The van der Waals surface area contributed by atoms with Gasteiger partial charge in [-0.2, -0.15) is 5.26 Å². The van der Waals surface area contributed by atoms with Crippen LogP contribution in [0.3, 0.4) is 0 Å². The number of alkyl carbamates (subject to hydrolysis) is 1. The molecule has 206 valence electrons. The highest BCUT2D eigenvalue weighted by Gasteiger charge is 2.20. The number of ether oxygens (including phenoxy) is 1. The molecule has 1 saturated heterocycles. The lowest BCUT2D eigenvalue weighted by Crippen LogP contribution is -2.29. The first kappa shape index (κ1) is 27.3. The lowest BCUT2D eigenvalue weighted by atomic mass is 10.0. The molecule has 0 spiro atoms. The van der Waals surface area contributed by atoms with Crippen LogP contribution in [0.4, 0.5) is 10.5 Å². The summed E-state index contributed by atoms with van der Waals surface area (Å²) in [5.74, 6) is 0.607. The van der Waals surface area contributed by atoms with Crippen molar-refractivity contribution in [3.8, 4) is 16.6 Å². The molecule has 0 radical (unpaired) electrons. The van der Waals surface area contributed by atoms with Crippen LogP contribution in [-0.2, 0) is 17.8 Å². The highest BCUT2D eigenvalue weighted by molar-refractivity contribution is 7.15. The molecule has 0 saturated carbocycles. The topological polar surface area (TPSA) is 134 Å². The van der Waals surface area contributed by atoms with E-state index in [-0.39, 0.29) is 11.6 Å². The third kappa shape index (κ3) is 6.14. The van der Waals surface area contributed by atoms with Crippen LogP contribution in [0.1, 0.15) is 41.1 Å². The molecule has 1 aliphatic heterocycles. The number of nitrogens with one attached hydrogen (secondary N) is 3. The van der Waals surface area contributed by atoms with E-state index in [1.807, 2.05) is 44.4 Å². The van der Waals surface area contributed by atoms with Crippen LogP contribution < -0.4 is 21.5 Å². The van der Waals surface area contributed by atoms with E-state index >= 15 is 0 Å². The minimum atomic E-state index is -0.392. The summed E-state index contributed by atoms with van der Waals surface area (Å²) in [6.45, 7) is 3.75. The van der Waals surface area contributed by atoms with Gasteiger partial charge in [0.05, 0.1) is 35.7 Å². The van der Waals surface area contributed by atoms with Gasteiger partial charge in [-0.1, -0.05) is 12.1 Å². The van der Waals surface area contributed by atoms with Gasteiger partial charge in [0.1, 0.15) is 10.8 Å². The molecule has 1 aliphatic rings. The molecule has 40 heavy (non-hydrogen) atoms. The quantitative estimate of drug-likeness (QED) is 0.308. The number of amides is 1. The van der Waals surface area contributed by atoms with Crippen molar-refractivity contribution in [3.63, 3.8) is 0 Å². The lowest BCUT2D eigenvalue weighted by Gasteiger charge is -2.21. The Hall–Kier alpha value is -4.27. The van der Waals surface area contributed by atoms with E-state index in [4.69, 9.17) is 15.0 Å². The van der Waals surface area contributed by atoms with Gasteiger partial charge in [-0.05, 0) is 63.1 Å². The van der Waals surface area contributed by atoms with Crippen molar-refractivity contribution < 1.29 is 9.53 Å². The average Bonchev–Trinajstić information content (AvgIpc) is 3.45. The summed E-state index contributed by atoms with van der Waals surface area (Å²) in [6.07, 6.45) is 3.73. The summed E-state index contributed by atoms with van der Waals surface area (Å²) >= 11 is 1.60. The van der Waals surface area contributed by atoms with Crippen LogP contribution >= 0.6 is 11.3 Å². The van der Waals surface area contributed by atoms with E-state index in [9.17, 15) is 9.59 Å². The number of cyclic esters (lactones) is 1. The predicted octanol–water partition coefficient (Wildman–Crippen LogP) is 4.16. The molecule has 2 aromatic carbocycles. The third-order valence-electron chi connectivity index (χ3n) is 6.89. The second-order valence-corrected chi connectivity index (χ2v) is 10.9. The Morgan fingerprint density at radius 1 is 1.23 bits per heavy atom. The maximum atomic E-state index is 13.8. The third-order valence-corrected chi connectivity index (χ3v) is 7.93. The SMILES string of the molecule is CNCc1cnc(-c2cc3nc(C)n(Cc4ccc(C#N)cc4)c(=O)c3cc2N[C@@H]2CCCOC(=O)NCC2)s1. The zero-order chi connectivity index (χ0) is 28.1. The van der Waals surface area contributed by atoms with Crippen molar-refractivity contribution in [2.45, 2.75) is 45.3 Å². The van der Waals surface area contributed by atoms with E-state index in [2.05, 4.69) is 27.0 Å². The Bertz CT molecular complexity index is 1620. The number of thiazole rings is 1. The predicted molar refractivity (Wildman–Crippen MR) is 155 cm³/mol. The van der Waals surface area contributed by atoms with E-state index in [1.54, 1.807) is 28.0 Å². The van der Waals surface area contributed by atoms with Gasteiger partial charge in [-0.3, -0.25) is 9.36 Å². The van der Waals surface area contributed by atoms with E-state index in [0.717, 1.165) is 39.5 Å². The van der Waals surface area contributed by atoms with Gasteiger partial charge in [0, 0.05) is 41.5 Å². The minimum Gasteiger partial charge on any atom is -0.450 e. The molecule has 3 heterocycles. The summed E-state index contributed by atoms with van der Waals surface area (Å²) in [5.41, 5.74) is 3.66. The number of nitrogens with zero attached hydrogens (tertiary/aromatic N) is 4. The van der Waals surface area contributed by atoms with Gasteiger partial charge in [0.15, 0.2) is 0 Å². The fourth-order valence-electron chi connectivity index (χ4n) is 4.82. The molecule has 1 amide bonds. The molecule has 4 aromatic rings. The Kier molecular flexibility index (Phi) is 8.38. The van der Waals surface area contributed by atoms with Gasteiger partial charge in [-0.15, -0.1) is 11.3 Å². The van der Waals surface area contributed by atoms with Gasteiger partial charge in [-0.25, -0.2) is 14.8 Å². The molecule has 11 heteroatoms. The maximum absolute atomic E-state index is 13.8. The molecule has 10 nitrogen and oxygen atoms in total. The van der Waals surface area contributed by atoms with Crippen molar-refractivity contribution >= 4 is 34.0 Å². The Labute approximate surface area is 236 Å². The lowest BCUT2D eigenvalue weighted by molar-refractivity contribution is 0.146. The van der Waals surface area contributed by atoms with Crippen LogP contribution in [0.2, 0.25) is 0 Å². The highest BCUT2D eigenvalue weighted by Crippen LogP contribution is 2.35. The van der Waals surface area contributed by atoms with Crippen molar-refractivity contribution in [1.82, 2.24) is 25.2 Å². The van der Waals surface area contributed by atoms with Crippen LogP contribution in [0, 0.1) is 18.3 Å². The smallest absolute Gasteiger partial charge is 0.407 e. The van der Waals surface area contributed by atoms with E-state index < -0.39 is 6.09 Å². The second-order valence-electron chi connectivity index (χ2n) is 9.77. The first-order valence-electron chi connectivity index (χ1n) is 13.3. The number of benzene rings is 2. The largest absolute Gasteiger partial charge is 0.450 e. The summed E-state index contributed by atoms with van der Waals surface area (Å²) in [5, 5.41) is 20.1. The molecule has 3 N–H and O–H groups in total. The zero-order valence-corrected chi connectivity index (χ0v) is 23.3. The zero-order valence-electron chi connectivity index (χ0n) is 22.5. The average molecular weight is 558 g/mol. The van der Waals surface area contributed by atoms with E-state index in [0.29, 0.717) is 55.0 Å². The Morgan fingerprint density at radius 2 is 2.05 bits per heavy atom. The first-order valence-corrected chi connectivity index (χ1v) is 14.1. The maximum Gasteiger partial charge on any atom is 0.407 e. The number of anilines is 1. The van der Waals surface area contributed by atoms with Crippen LogP contribution in [0.15, 0.2) is 47.4 Å². The van der Waals surface area contributed by atoms with Crippen molar-refractivity contribution in [2.75, 3.05) is 25.5 Å². The fourth-order valence-corrected chi connectivity index (χ4v) is 5.77. The van der Waals surface area contributed by atoms with E-state index in [1.165, 1.54) is 0 Å². The number of rotatable bonds is 7. The van der Waals surface area contributed by atoms with Crippen LogP contribution in [-0.4, -0.2) is 46.9 Å². The van der Waals surface area contributed by atoms with Crippen molar-refractivity contribution in [2.24, 2.45) is 0 Å². The second kappa shape index (κ2) is 12.3. The van der Waals surface area contributed by atoms with Crippen molar-refractivity contribution in [3.05, 3.63) is 74.8 Å². The number of carbonyl (C=O) groups is 1. The van der Waals surface area contributed by atoms with Gasteiger partial charge < -0.3 is 20.7 Å². The molecule has 0 bridgehead atoms. The minimum absolute atomic E-state index is 0.0641. The number of fused-ring (bicyclic) bond motifs is 1. The summed E-state index contributed by atoms with van der Waals surface area (Å²) in [7, 11) is 1.90. The number of hydrogen-bond donors (Lipinski definition) is 3. The molecule has 2 aromatic heterocycles. The molecule has 0 aliphatic carbocycles. The summed E-state index contributed by atoms with van der Waals surface area (Å²) in [4.78, 5) is 36.1. The standard InChI is InChI=1S/C29H31N7O3S/c1-18-34-26-12-23(27-33-16-22(40-27)15-31-2)25(35-21-4-3-11-39-29(38)32-10-9-21)13-24(26)28(37)36(18)17-20-7-5-19(14-30)6-8-20/h5-8,12-13,16,21,31,35H,3-4,9-11,15,17H2,1-2H3,(H,32,38)/t21-/m1/s1. The fraction of sp³-hybridized carbons (Fsp3) is 0.345. The molecule has 0 unspecified atom stereocenters.